The average molecular weight is 652 g/mol. The third-order valence-corrected chi connectivity index (χ3v) is 9.01. The van der Waals surface area contributed by atoms with Crippen LogP contribution in [0.25, 0.3) is 0 Å². The molecule has 2 aliphatic heterocycles. The van der Waals surface area contributed by atoms with Gasteiger partial charge in [-0.15, -0.1) is 0 Å². The molecule has 6 atom stereocenters. The Bertz CT molecular complexity index is 1430. The summed E-state index contributed by atoms with van der Waals surface area (Å²) in [6, 6.07) is 7.10. The van der Waals surface area contributed by atoms with Crippen LogP contribution in [-0.2, 0) is 23.4 Å². The molecule has 0 radical (unpaired) electrons. The molecule has 1 aromatic heterocycles. The molecule has 4 rings (SSSR count). The number of ether oxygens (including phenoxy) is 3. The number of carbonyl (C=O) groups is 1. The zero-order chi connectivity index (χ0) is 32.8. The quantitative estimate of drug-likeness (QED) is 0.269. The van der Waals surface area contributed by atoms with E-state index in [0.29, 0.717) is 12.8 Å². The first-order valence-corrected chi connectivity index (χ1v) is 16.6. The first-order valence-electron chi connectivity index (χ1n) is 15.0. The highest BCUT2D eigenvalue weighted by Gasteiger charge is 2.56. The van der Waals surface area contributed by atoms with Crippen LogP contribution in [0.15, 0.2) is 59.7 Å². The largest absolute Gasteiger partial charge is 0.490 e. The monoisotopic (exact) mass is 651 g/mol. The van der Waals surface area contributed by atoms with E-state index in [9.17, 15) is 19.3 Å². The normalized spacial score (nSPS) is 32.1. The van der Waals surface area contributed by atoms with Crippen molar-refractivity contribution < 1.29 is 42.1 Å². The number of benzene rings is 1. The van der Waals surface area contributed by atoms with E-state index in [4.69, 9.17) is 23.3 Å². The Morgan fingerprint density at radius 2 is 1.91 bits per heavy atom. The van der Waals surface area contributed by atoms with Gasteiger partial charge in [-0.05, 0) is 44.2 Å². The number of allylic oxidation sites excluding steroid dienone is 1. The van der Waals surface area contributed by atoms with Crippen molar-refractivity contribution in [3.8, 4) is 11.5 Å². The Morgan fingerprint density at radius 3 is 2.62 bits per heavy atom. The second kappa shape index (κ2) is 14.6. The molecule has 0 aliphatic carbocycles. The van der Waals surface area contributed by atoms with Gasteiger partial charge in [0.2, 0.25) is 0 Å². The molecule has 45 heavy (non-hydrogen) atoms. The second-order valence-corrected chi connectivity index (χ2v) is 14.4. The third kappa shape index (κ3) is 9.23. The maximum absolute atomic E-state index is 16.0. The van der Waals surface area contributed by atoms with Crippen LogP contribution in [0.3, 0.4) is 0 Å². The number of rotatable bonds is 4. The zero-order valence-corrected chi connectivity index (χ0v) is 27.2. The summed E-state index contributed by atoms with van der Waals surface area (Å²) in [6.07, 6.45) is 2.97. The highest BCUT2D eigenvalue weighted by Crippen LogP contribution is 2.48. The molecule has 4 bridgehead atoms. The lowest BCUT2D eigenvalue weighted by Crippen LogP contribution is -2.43. The zero-order valence-electron chi connectivity index (χ0n) is 26.3. The molecule has 0 spiro atoms. The molecule has 1 unspecified atom stereocenters. The van der Waals surface area contributed by atoms with Crippen molar-refractivity contribution in [3.63, 3.8) is 0 Å². The van der Waals surface area contributed by atoms with E-state index in [0.717, 1.165) is 11.5 Å². The lowest BCUT2D eigenvalue weighted by Gasteiger charge is -2.28. The predicted octanol–water partition coefficient (Wildman–Crippen LogP) is 4.74. The molecule has 1 saturated heterocycles. The second-order valence-electron chi connectivity index (χ2n) is 12.7. The van der Waals surface area contributed by atoms with E-state index in [1.54, 1.807) is 30.3 Å². The Labute approximate surface area is 262 Å². The number of fused-ring (bicyclic) bond motifs is 5. The minimum Gasteiger partial charge on any atom is -0.490 e. The number of nitrogens with zero attached hydrogens (tertiary/aromatic N) is 2. The van der Waals surface area contributed by atoms with Gasteiger partial charge in [0.05, 0.1) is 32.2 Å². The van der Waals surface area contributed by atoms with Crippen LogP contribution in [0.4, 0.5) is 4.39 Å². The van der Waals surface area contributed by atoms with Crippen molar-refractivity contribution in [2.75, 3.05) is 19.8 Å². The molecule has 0 amide bonds. The first kappa shape index (κ1) is 34.8. The van der Waals surface area contributed by atoms with Crippen molar-refractivity contribution in [2.45, 2.75) is 84.0 Å². The number of alkyl halides is 1. The lowest BCUT2D eigenvalue weighted by atomic mass is 9.90. The fourth-order valence-electron chi connectivity index (χ4n) is 4.94. The van der Waals surface area contributed by atoms with Gasteiger partial charge in [-0.2, -0.15) is 10.1 Å². The fraction of sp³-hybridized carbons (Fsp3) is 0.581. The molecule has 1 fully saturated rings. The van der Waals surface area contributed by atoms with Gasteiger partial charge in [0.25, 0.3) is 0 Å². The van der Waals surface area contributed by atoms with E-state index in [-0.39, 0.29) is 37.1 Å². The Morgan fingerprint density at radius 1 is 1.18 bits per heavy atom. The number of halogens is 1. The number of aliphatic hydroxyl groups is 1. The summed E-state index contributed by atoms with van der Waals surface area (Å²) in [5.74, 6) is -0.265. The molecule has 3 heterocycles. The van der Waals surface area contributed by atoms with Gasteiger partial charge in [-0.3, -0.25) is 13.9 Å². The van der Waals surface area contributed by atoms with E-state index in [1.807, 2.05) is 39.8 Å². The van der Waals surface area contributed by atoms with Gasteiger partial charge in [0.15, 0.2) is 17.6 Å². The van der Waals surface area contributed by atoms with Gasteiger partial charge in [0, 0.05) is 5.41 Å². The fourth-order valence-corrected chi connectivity index (χ4v) is 6.46. The summed E-state index contributed by atoms with van der Waals surface area (Å²) in [6.45, 7) is 8.53. The Kier molecular flexibility index (Phi) is 11.2. The van der Waals surface area contributed by atoms with Crippen LogP contribution in [0.2, 0.25) is 0 Å². The van der Waals surface area contributed by atoms with Gasteiger partial charge in [0.1, 0.15) is 24.0 Å². The smallest absolute Gasteiger partial charge is 0.459 e. The molecule has 1 aromatic carbocycles. The van der Waals surface area contributed by atoms with Gasteiger partial charge >= 0.3 is 19.4 Å². The van der Waals surface area contributed by atoms with Crippen molar-refractivity contribution in [2.24, 2.45) is 11.3 Å². The van der Waals surface area contributed by atoms with Crippen LogP contribution in [0, 0.1) is 11.3 Å². The topological polar surface area (TPSA) is 147 Å². The number of nitrogens with one attached hydrogen (secondary N) is 1. The lowest BCUT2D eigenvalue weighted by molar-refractivity contribution is -0.149. The highest BCUT2D eigenvalue weighted by molar-refractivity contribution is 7.52. The Hall–Kier alpha value is -3.09. The number of esters is 1. The molecular formula is C31H43FN3O9P. The standard InChI is InChI=1S/C31H43FN3O9P/c1-21(2)16-24-27(37)41-20-30(3,4)14-10-7-11-15-40-23-17-33-29(38)35(18-23)28-31(5,32)26(36)25(43-28)19-42-45(39,34-24)44-22-12-8-6-9-13-22/h6-10,12-13,17-18,21,24-26,28,36H,11,14-16,19-20H2,1-5H3,(H,34,39)/b10-7+/t24-,25-,26-,28-,31-,45?/m1/s1. The van der Waals surface area contributed by atoms with Crippen LogP contribution < -0.4 is 20.0 Å². The number of aliphatic hydroxyl groups excluding tert-OH is 1. The number of aromatic nitrogens is 2. The van der Waals surface area contributed by atoms with E-state index in [2.05, 4.69) is 10.1 Å². The molecule has 14 heteroatoms. The highest BCUT2D eigenvalue weighted by atomic mass is 31.2. The number of cyclic esters (lactones) is 1. The summed E-state index contributed by atoms with van der Waals surface area (Å²) in [4.78, 5) is 29.8. The van der Waals surface area contributed by atoms with Crippen LogP contribution in [0.5, 0.6) is 11.5 Å². The van der Waals surface area contributed by atoms with E-state index >= 15 is 4.39 Å². The minimum absolute atomic E-state index is 0.0106. The SMILES string of the molecule is CC(C)C[C@H]1NP(=O)(Oc2ccccc2)OC[C@H]2O[C@@H](n3cc(cnc3=O)OCC/C=C/CC(C)(C)COC1=O)[C@](C)(F)[C@@H]2O. The summed E-state index contributed by atoms with van der Waals surface area (Å²) >= 11 is 0. The maximum Gasteiger partial charge on any atom is 0.459 e. The average Bonchev–Trinajstić information content (AvgIpc) is 3.20. The summed E-state index contributed by atoms with van der Waals surface area (Å²) in [5, 5.41) is 13.7. The number of hydrogen-bond donors (Lipinski definition) is 2. The van der Waals surface area contributed by atoms with Crippen molar-refractivity contribution >= 4 is 13.7 Å². The van der Waals surface area contributed by atoms with Crippen LogP contribution >= 0.6 is 7.75 Å². The summed E-state index contributed by atoms with van der Waals surface area (Å²) < 4.78 is 59.9. The third-order valence-electron chi connectivity index (χ3n) is 7.44. The van der Waals surface area contributed by atoms with Crippen molar-refractivity contribution in [1.82, 2.24) is 14.6 Å². The van der Waals surface area contributed by atoms with Crippen LogP contribution in [-0.4, -0.2) is 64.4 Å². The van der Waals surface area contributed by atoms with Gasteiger partial charge < -0.3 is 23.8 Å². The molecule has 248 valence electrons. The number of hydrogen-bond acceptors (Lipinski definition) is 10. The summed E-state index contributed by atoms with van der Waals surface area (Å²) in [5.41, 5.74) is -3.70. The number of carbonyl (C=O) groups excluding carboxylic acids is 1. The molecule has 0 saturated carbocycles. The number of para-hydroxylation sites is 1. The molecule has 12 nitrogen and oxygen atoms in total. The van der Waals surface area contributed by atoms with E-state index < -0.39 is 61.6 Å². The predicted molar refractivity (Wildman–Crippen MR) is 164 cm³/mol. The van der Waals surface area contributed by atoms with E-state index in [1.165, 1.54) is 12.4 Å². The van der Waals surface area contributed by atoms with Crippen molar-refractivity contribution in [1.29, 1.82) is 0 Å². The minimum atomic E-state index is -4.39. The Balaban J connectivity index is 1.69. The van der Waals surface area contributed by atoms with Gasteiger partial charge in [-0.25, -0.2) is 13.8 Å². The molecular weight excluding hydrogens is 608 g/mol. The van der Waals surface area contributed by atoms with Crippen LogP contribution in [0.1, 0.15) is 60.1 Å². The maximum atomic E-state index is 16.0. The molecule has 2 aliphatic rings. The summed E-state index contributed by atoms with van der Waals surface area (Å²) in [7, 11) is -4.39. The first-order chi connectivity index (χ1) is 21.2. The van der Waals surface area contributed by atoms with Gasteiger partial charge in [-0.1, -0.05) is 58.0 Å². The van der Waals surface area contributed by atoms with Crippen molar-refractivity contribution in [3.05, 3.63) is 65.4 Å². The molecule has 2 aromatic rings. The molecule has 2 N–H and O–H groups in total.